The third-order valence-electron chi connectivity index (χ3n) is 6.50. The van der Waals surface area contributed by atoms with Crippen LogP contribution in [0, 0.1) is 13.8 Å². The predicted molar refractivity (Wildman–Crippen MR) is 151 cm³/mol. The van der Waals surface area contributed by atoms with Gasteiger partial charge in [-0.2, -0.15) is 5.10 Å². The summed E-state index contributed by atoms with van der Waals surface area (Å²) in [6.07, 6.45) is 0.846. The fraction of sp³-hybridized carbons (Fsp3) is 0.355. The van der Waals surface area contributed by atoms with Crippen LogP contribution in [0.3, 0.4) is 0 Å². The normalized spacial score (nSPS) is 11.9. The lowest BCUT2D eigenvalue weighted by Gasteiger charge is -2.20. The molecule has 0 saturated carbocycles. The molecule has 0 bridgehead atoms. The molecule has 0 unspecified atom stereocenters. The van der Waals surface area contributed by atoms with Crippen molar-refractivity contribution in [1.82, 2.24) is 19.9 Å². The fourth-order valence-electron chi connectivity index (χ4n) is 4.63. The van der Waals surface area contributed by atoms with Crippen molar-refractivity contribution in [3.8, 4) is 17.0 Å². The van der Waals surface area contributed by atoms with Crippen molar-refractivity contribution < 1.29 is 19.1 Å². The number of rotatable bonds is 11. The number of carbonyl (C=O) groups excluding carboxylic acids is 2. The van der Waals surface area contributed by atoms with E-state index in [1.54, 1.807) is 6.92 Å². The van der Waals surface area contributed by atoms with E-state index in [2.05, 4.69) is 5.32 Å². The number of nitrogens with one attached hydrogen (secondary N) is 1. The van der Waals surface area contributed by atoms with Crippen molar-refractivity contribution in [3.63, 3.8) is 0 Å². The minimum absolute atomic E-state index is 0.0467. The van der Waals surface area contributed by atoms with E-state index in [4.69, 9.17) is 19.6 Å². The molecule has 4 aromatic rings. The van der Waals surface area contributed by atoms with Gasteiger partial charge in [0.2, 0.25) is 5.91 Å². The Bertz CT molecular complexity index is 1430. The van der Waals surface area contributed by atoms with Crippen molar-refractivity contribution in [3.05, 3.63) is 83.2 Å². The molecule has 2 aromatic carbocycles. The highest BCUT2D eigenvalue weighted by atomic mass is 16.5. The molecule has 0 aliphatic heterocycles. The van der Waals surface area contributed by atoms with Crippen molar-refractivity contribution in [2.24, 2.45) is 0 Å². The molecule has 0 spiro atoms. The summed E-state index contributed by atoms with van der Waals surface area (Å²) in [5.41, 5.74) is 6.28. The van der Waals surface area contributed by atoms with E-state index in [0.717, 1.165) is 45.2 Å². The number of nitrogens with zero attached hydrogens (tertiary/aromatic N) is 3. The average molecular weight is 529 g/mol. The maximum atomic E-state index is 13.1. The van der Waals surface area contributed by atoms with E-state index in [1.165, 1.54) is 0 Å². The molecule has 204 valence electrons. The molecule has 0 saturated heterocycles. The lowest BCUT2D eigenvalue weighted by Crippen LogP contribution is -2.31. The van der Waals surface area contributed by atoms with Gasteiger partial charge in [0, 0.05) is 29.4 Å². The van der Waals surface area contributed by atoms with E-state index in [0.29, 0.717) is 6.42 Å². The van der Waals surface area contributed by atoms with Gasteiger partial charge in [0.05, 0.1) is 30.9 Å². The number of hydrogen-bond donors (Lipinski definition) is 1. The number of aryl methyl sites for hydroxylation is 2. The predicted octanol–water partition coefficient (Wildman–Crippen LogP) is 5.54. The first-order valence-electron chi connectivity index (χ1n) is 13.4. The zero-order valence-corrected chi connectivity index (χ0v) is 23.2. The number of carbonyl (C=O) groups is 2. The zero-order valence-electron chi connectivity index (χ0n) is 23.2. The quantitative estimate of drug-likeness (QED) is 0.257. The first kappa shape index (κ1) is 27.8. The summed E-state index contributed by atoms with van der Waals surface area (Å²) in [6, 6.07) is 18.9. The summed E-state index contributed by atoms with van der Waals surface area (Å²) in [4.78, 5) is 30.2. The number of fused-ring (bicyclic) bond motifs is 1. The lowest BCUT2D eigenvalue weighted by molar-refractivity contribution is -0.143. The molecular formula is C31H36N4O4. The minimum Gasteiger partial charge on any atom is -0.491 e. The Labute approximate surface area is 229 Å². The smallest absolute Gasteiger partial charge is 0.308 e. The summed E-state index contributed by atoms with van der Waals surface area (Å²) in [5, 5.41) is 7.80. The van der Waals surface area contributed by atoms with Gasteiger partial charge in [0.1, 0.15) is 5.75 Å². The van der Waals surface area contributed by atoms with Crippen LogP contribution in [0.4, 0.5) is 0 Å². The van der Waals surface area contributed by atoms with E-state index in [1.807, 2.05) is 92.9 Å². The number of benzene rings is 2. The number of esters is 1. The van der Waals surface area contributed by atoms with Crippen LogP contribution in [0.1, 0.15) is 62.2 Å². The van der Waals surface area contributed by atoms with Gasteiger partial charge in [-0.25, -0.2) is 9.50 Å². The van der Waals surface area contributed by atoms with Crippen LogP contribution in [0.15, 0.2) is 60.7 Å². The summed E-state index contributed by atoms with van der Waals surface area (Å²) in [6.45, 7) is 9.93. The van der Waals surface area contributed by atoms with Crippen molar-refractivity contribution in [2.45, 2.75) is 66.0 Å². The maximum absolute atomic E-state index is 13.1. The number of hydrogen-bond acceptors (Lipinski definition) is 6. The highest BCUT2D eigenvalue weighted by Gasteiger charge is 2.21. The van der Waals surface area contributed by atoms with Crippen molar-refractivity contribution >= 4 is 17.5 Å². The van der Waals surface area contributed by atoms with Gasteiger partial charge < -0.3 is 14.8 Å². The molecule has 39 heavy (non-hydrogen) atoms. The van der Waals surface area contributed by atoms with Gasteiger partial charge in [-0.1, -0.05) is 42.5 Å². The second kappa shape index (κ2) is 12.6. The largest absolute Gasteiger partial charge is 0.491 e. The zero-order chi connectivity index (χ0) is 27.9. The Morgan fingerprint density at radius 3 is 2.41 bits per heavy atom. The van der Waals surface area contributed by atoms with Gasteiger partial charge >= 0.3 is 5.97 Å². The van der Waals surface area contributed by atoms with Crippen molar-refractivity contribution in [2.75, 3.05) is 6.61 Å². The van der Waals surface area contributed by atoms with Gasteiger partial charge in [-0.15, -0.1) is 0 Å². The van der Waals surface area contributed by atoms with E-state index >= 15 is 0 Å². The molecule has 2 aromatic heterocycles. The molecule has 0 aliphatic rings. The van der Waals surface area contributed by atoms with Crippen LogP contribution in [-0.2, 0) is 20.7 Å². The Kier molecular flexibility index (Phi) is 8.96. The molecule has 0 radical (unpaired) electrons. The van der Waals surface area contributed by atoms with Gasteiger partial charge in [0.15, 0.2) is 5.65 Å². The van der Waals surface area contributed by atoms with E-state index < -0.39 is 6.04 Å². The second-order valence-electron chi connectivity index (χ2n) is 9.79. The molecule has 1 atom stereocenters. The molecule has 1 N–H and O–H groups in total. The first-order valence-corrected chi connectivity index (χ1v) is 13.4. The monoisotopic (exact) mass is 528 g/mol. The molecule has 8 heteroatoms. The Morgan fingerprint density at radius 1 is 1.03 bits per heavy atom. The topological polar surface area (TPSA) is 94.8 Å². The maximum Gasteiger partial charge on any atom is 0.308 e. The number of ether oxygens (including phenoxy) is 2. The molecule has 4 rings (SSSR count). The van der Waals surface area contributed by atoms with Crippen LogP contribution in [0.2, 0.25) is 0 Å². The summed E-state index contributed by atoms with van der Waals surface area (Å²) in [5.74, 6) is 0.216. The minimum atomic E-state index is -0.507. The highest BCUT2D eigenvalue weighted by Crippen LogP contribution is 2.24. The Morgan fingerprint density at radius 2 is 1.74 bits per heavy atom. The van der Waals surface area contributed by atoms with Crippen molar-refractivity contribution in [1.29, 1.82) is 0 Å². The first-order chi connectivity index (χ1) is 18.7. The average Bonchev–Trinajstić information content (AvgIpc) is 3.33. The molecule has 1 amide bonds. The third-order valence-corrected chi connectivity index (χ3v) is 6.50. The molecule has 8 nitrogen and oxygen atoms in total. The Hall–Kier alpha value is -4.20. The van der Waals surface area contributed by atoms with Crippen LogP contribution in [0.25, 0.3) is 16.9 Å². The molecule has 0 fully saturated rings. The van der Waals surface area contributed by atoms with Crippen LogP contribution < -0.4 is 10.1 Å². The summed E-state index contributed by atoms with van der Waals surface area (Å²) >= 11 is 0. The summed E-state index contributed by atoms with van der Waals surface area (Å²) in [7, 11) is 0. The Balaban J connectivity index is 1.49. The van der Waals surface area contributed by atoms with Crippen LogP contribution in [0.5, 0.6) is 5.75 Å². The van der Waals surface area contributed by atoms with E-state index in [9.17, 15) is 9.59 Å². The number of amides is 1. The van der Waals surface area contributed by atoms with Crippen LogP contribution >= 0.6 is 0 Å². The molecular weight excluding hydrogens is 492 g/mol. The standard InChI is InChI=1S/C31H36N4O4/c1-6-38-31(37)19-27(24-12-14-25(15-13-24)39-20(2)3)33-30(36)17-16-26-21(4)32-29-18-28(34-35(29)22(26)5)23-10-8-7-9-11-23/h7-15,18,20,27H,6,16-17,19H2,1-5H3,(H,33,36)/t27-/m1/s1. The summed E-state index contributed by atoms with van der Waals surface area (Å²) < 4.78 is 12.7. The molecule has 2 heterocycles. The van der Waals surface area contributed by atoms with Crippen LogP contribution in [-0.4, -0.2) is 39.2 Å². The fourth-order valence-corrected chi connectivity index (χ4v) is 4.63. The van der Waals surface area contributed by atoms with Gasteiger partial charge in [-0.3, -0.25) is 9.59 Å². The number of aromatic nitrogens is 3. The highest BCUT2D eigenvalue weighted by molar-refractivity contribution is 5.78. The second-order valence-corrected chi connectivity index (χ2v) is 9.79. The van der Waals surface area contributed by atoms with Gasteiger partial charge in [-0.05, 0) is 64.3 Å². The SMILES string of the molecule is CCOC(=O)C[C@@H](NC(=O)CCc1c(C)nc2cc(-c3ccccc3)nn2c1C)c1ccc(OC(C)C)cc1. The molecule has 0 aliphatic carbocycles. The third kappa shape index (κ3) is 7.02. The van der Waals surface area contributed by atoms with E-state index in [-0.39, 0.29) is 37.4 Å². The van der Waals surface area contributed by atoms with Gasteiger partial charge in [0.25, 0.3) is 0 Å². The lowest BCUT2D eigenvalue weighted by atomic mass is 10.0.